The van der Waals surface area contributed by atoms with Crippen LogP contribution in [0.4, 0.5) is 5.69 Å². The van der Waals surface area contributed by atoms with Crippen LogP contribution >= 0.6 is 0 Å². The zero-order chi connectivity index (χ0) is 24.4. The van der Waals surface area contributed by atoms with Crippen LogP contribution in [0, 0.1) is 0 Å². The standard InChI is InChI=1S/C29H25N3O3/c30-26(33)18-19-8-10-20(11-9-19)21-12-14-23(15-13-21)31-16-3-17-32-28(34)24-6-1-4-22-5-2-7-25(27(22)24)29(32)35/h1-2,4-15,31H,3,16-18H2,(H2,30,33). The van der Waals surface area contributed by atoms with Crippen molar-refractivity contribution in [2.75, 3.05) is 18.4 Å². The van der Waals surface area contributed by atoms with Gasteiger partial charge in [-0.3, -0.25) is 19.3 Å². The molecule has 0 atom stereocenters. The minimum absolute atomic E-state index is 0.231. The molecule has 1 aliphatic heterocycles. The number of carbonyl (C=O) groups excluding carboxylic acids is 3. The lowest BCUT2D eigenvalue weighted by Gasteiger charge is -2.27. The Hall–Kier alpha value is -4.45. The molecule has 1 heterocycles. The molecule has 0 bridgehead atoms. The van der Waals surface area contributed by atoms with Gasteiger partial charge >= 0.3 is 0 Å². The number of benzene rings is 4. The van der Waals surface area contributed by atoms with E-state index in [4.69, 9.17) is 5.73 Å². The van der Waals surface area contributed by atoms with Crippen LogP contribution in [0.25, 0.3) is 21.9 Å². The molecule has 3 N–H and O–H groups in total. The average Bonchev–Trinajstić information content (AvgIpc) is 2.87. The first-order valence-corrected chi connectivity index (χ1v) is 11.6. The molecule has 0 aromatic heterocycles. The first-order valence-electron chi connectivity index (χ1n) is 11.6. The van der Waals surface area contributed by atoms with Crippen molar-refractivity contribution in [2.24, 2.45) is 5.73 Å². The zero-order valence-corrected chi connectivity index (χ0v) is 19.2. The highest BCUT2D eigenvalue weighted by atomic mass is 16.2. The largest absolute Gasteiger partial charge is 0.385 e. The van der Waals surface area contributed by atoms with E-state index in [9.17, 15) is 14.4 Å². The van der Waals surface area contributed by atoms with Crippen molar-refractivity contribution in [3.05, 3.63) is 102 Å². The van der Waals surface area contributed by atoms with Gasteiger partial charge in [0.15, 0.2) is 0 Å². The lowest BCUT2D eigenvalue weighted by atomic mass is 9.94. The van der Waals surface area contributed by atoms with E-state index in [2.05, 4.69) is 5.32 Å². The molecule has 0 fully saturated rings. The number of nitrogens with two attached hydrogens (primary N) is 1. The smallest absolute Gasteiger partial charge is 0.261 e. The lowest BCUT2D eigenvalue weighted by molar-refractivity contribution is -0.117. The van der Waals surface area contributed by atoms with Crippen LogP contribution in [0.3, 0.4) is 0 Å². The molecule has 0 aliphatic carbocycles. The molecule has 0 spiro atoms. The number of nitrogens with one attached hydrogen (secondary N) is 1. The summed E-state index contributed by atoms with van der Waals surface area (Å²) >= 11 is 0. The maximum atomic E-state index is 13.0. The molecule has 1 aliphatic rings. The fraction of sp³-hybridized carbons (Fsp3) is 0.138. The van der Waals surface area contributed by atoms with Gasteiger partial charge in [-0.2, -0.15) is 0 Å². The van der Waals surface area contributed by atoms with Gasteiger partial charge in [0, 0.05) is 35.3 Å². The van der Waals surface area contributed by atoms with Crippen molar-refractivity contribution < 1.29 is 14.4 Å². The van der Waals surface area contributed by atoms with Crippen molar-refractivity contribution >= 4 is 34.2 Å². The second-order valence-corrected chi connectivity index (χ2v) is 8.67. The van der Waals surface area contributed by atoms with Gasteiger partial charge in [-0.15, -0.1) is 0 Å². The molecule has 4 aromatic carbocycles. The Morgan fingerprint density at radius 2 is 1.34 bits per heavy atom. The predicted octanol–water partition coefficient (Wildman–Crippen LogP) is 4.63. The number of hydrogen-bond donors (Lipinski definition) is 2. The second kappa shape index (κ2) is 9.43. The van der Waals surface area contributed by atoms with Gasteiger partial charge < -0.3 is 11.1 Å². The molecule has 4 aromatic rings. The molecular formula is C29H25N3O3. The van der Waals surface area contributed by atoms with Crippen molar-refractivity contribution in [1.29, 1.82) is 0 Å². The summed E-state index contributed by atoms with van der Waals surface area (Å²) in [5.74, 6) is -0.805. The normalized spacial score (nSPS) is 12.7. The summed E-state index contributed by atoms with van der Waals surface area (Å²) in [6.45, 7) is 0.981. The zero-order valence-electron chi connectivity index (χ0n) is 19.2. The third kappa shape index (κ3) is 4.51. The molecule has 0 saturated heterocycles. The summed E-state index contributed by atoms with van der Waals surface area (Å²) < 4.78 is 0. The summed E-state index contributed by atoms with van der Waals surface area (Å²) in [5.41, 5.74) is 10.4. The number of primary amides is 1. The van der Waals surface area contributed by atoms with Crippen molar-refractivity contribution in [3.8, 4) is 11.1 Å². The highest BCUT2D eigenvalue weighted by Gasteiger charge is 2.32. The van der Waals surface area contributed by atoms with Gasteiger partial charge in [-0.25, -0.2) is 0 Å². The SMILES string of the molecule is NC(=O)Cc1ccc(-c2ccc(NCCCN3C(=O)c4cccc5cccc(c45)C3=O)cc2)cc1. The van der Waals surface area contributed by atoms with E-state index in [0.717, 1.165) is 33.2 Å². The summed E-state index contributed by atoms with van der Waals surface area (Å²) in [7, 11) is 0. The van der Waals surface area contributed by atoms with Crippen LogP contribution in [0.2, 0.25) is 0 Å². The topological polar surface area (TPSA) is 92.5 Å². The first kappa shape index (κ1) is 22.3. The number of nitrogens with zero attached hydrogens (tertiary/aromatic N) is 1. The molecule has 35 heavy (non-hydrogen) atoms. The Kier molecular flexibility index (Phi) is 6.02. The quantitative estimate of drug-likeness (QED) is 0.294. The molecule has 174 valence electrons. The van der Waals surface area contributed by atoms with Crippen LogP contribution in [0.5, 0.6) is 0 Å². The molecular weight excluding hydrogens is 438 g/mol. The minimum Gasteiger partial charge on any atom is -0.385 e. The maximum Gasteiger partial charge on any atom is 0.261 e. The van der Waals surface area contributed by atoms with Gasteiger partial charge in [0.2, 0.25) is 5.91 Å². The van der Waals surface area contributed by atoms with Crippen LogP contribution in [0.1, 0.15) is 32.7 Å². The molecule has 0 saturated carbocycles. The van der Waals surface area contributed by atoms with Crippen molar-refractivity contribution in [1.82, 2.24) is 4.90 Å². The van der Waals surface area contributed by atoms with Crippen LogP contribution in [-0.2, 0) is 11.2 Å². The van der Waals surface area contributed by atoms with Gasteiger partial charge in [0.1, 0.15) is 0 Å². The third-order valence-corrected chi connectivity index (χ3v) is 6.29. The van der Waals surface area contributed by atoms with E-state index >= 15 is 0 Å². The van der Waals surface area contributed by atoms with Gasteiger partial charge in [0.05, 0.1) is 6.42 Å². The molecule has 6 nitrogen and oxygen atoms in total. The number of anilines is 1. The predicted molar refractivity (Wildman–Crippen MR) is 137 cm³/mol. The number of hydrogen-bond acceptors (Lipinski definition) is 4. The number of imide groups is 1. The molecule has 0 unspecified atom stereocenters. The Morgan fingerprint density at radius 1 is 0.771 bits per heavy atom. The van der Waals surface area contributed by atoms with Crippen LogP contribution < -0.4 is 11.1 Å². The van der Waals surface area contributed by atoms with Gasteiger partial charge in [-0.05, 0) is 52.8 Å². The van der Waals surface area contributed by atoms with Gasteiger partial charge in [-0.1, -0.05) is 60.7 Å². The lowest BCUT2D eigenvalue weighted by Crippen LogP contribution is -2.41. The maximum absolute atomic E-state index is 13.0. The fourth-order valence-corrected chi connectivity index (χ4v) is 4.55. The summed E-state index contributed by atoms with van der Waals surface area (Å²) in [6.07, 6.45) is 0.874. The Balaban J connectivity index is 1.18. The van der Waals surface area contributed by atoms with E-state index in [1.165, 1.54) is 4.90 Å². The van der Waals surface area contributed by atoms with Crippen molar-refractivity contribution in [3.63, 3.8) is 0 Å². The summed E-state index contributed by atoms with van der Waals surface area (Å²) in [6, 6.07) is 27.0. The van der Waals surface area contributed by atoms with Gasteiger partial charge in [0.25, 0.3) is 11.8 Å². The second-order valence-electron chi connectivity index (χ2n) is 8.67. The summed E-state index contributed by atoms with van der Waals surface area (Å²) in [5, 5.41) is 5.02. The summed E-state index contributed by atoms with van der Waals surface area (Å²) in [4.78, 5) is 38.4. The van der Waals surface area contributed by atoms with E-state index in [-0.39, 0.29) is 24.1 Å². The average molecular weight is 464 g/mol. The van der Waals surface area contributed by atoms with Crippen LogP contribution in [0.15, 0.2) is 84.9 Å². The Labute approximate surface area is 203 Å². The Morgan fingerprint density at radius 3 is 1.91 bits per heavy atom. The Bertz CT molecular complexity index is 1380. The molecule has 6 heteroatoms. The highest BCUT2D eigenvalue weighted by Crippen LogP contribution is 2.30. The monoisotopic (exact) mass is 463 g/mol. The van der Waals surface area contributed by atoms with Crippen molar-refractivity contribution in [2.45, 2.75) is 12.8 Å². The molecule has 0 radical (unpaired) electrons. The molecule has 5 rings (SSSR count). The minimum atomic E-state index is -0.343. The third-order valence-electron chi connectivity index (χ3n) is 6.29. The van der Waals surface area contributed by atoms with E-state index < -0.39 is 0 Å². The fourth-order valence-electron chi connectivity index (χ4n) is 4.55. The van der Waals surface area contributed by atoms with E-state index in [1.807, 2.05) is 72.8 Å². The number of amides is 3. The van der Waals surface area contributed by atoms with E-state index in [1.54, 1.807) is 12.1 Å². The first-order chi connectivity index (χ1) is 17.0. The number of carbonyl (C=O) groups is 3. The molecule has 3 amide bonds. The highest BCUT2D eigenvalue weighted by molar-refractivity contribution is 6.25. The van der Waals surface area contributed by atoms with Crippen LogP contribution in [-0.4, -0.2) is 35.7 Å². The number of rotatable bonds is 8. The van der Waals surface area contributed by atoms with E-state index in [0.29, 0.717) is 30.6 Å².